The smallest absolute Gasteiger partial charge is 0.374 e. The van der Waals surface area contributed by atoms with Crippen molar-refractivity contribution < 1.29 is 34.4 Å². The summed E-state index contributed by atoms with van der Waals surface area (Å²) in [7, 11) is 0. The van der Waals surface area contributed by atoms with Crippen LogP contribution in [-0.4, -0.2) is 71.9 Å². The number of aromatic nitrogens is 4. The van der Waals surface area contributed by atoms with Crippen LogP contribution in [-0.2, 0) is 4.74 Å². The number of carboxylic acids is 1. The molecule has 4 atom stereocenters. The van der Waals surface area contributed by atoms with E-state index in [1.54, 1.807) is 18.3 Å². The van der Waals surface area contributed by atoms with Crippen LogP contribution in [0.15, 0.2) is 30.7 Å². The third-order valence-electron chi connectivity index (χ3n) is 4.52. The van der Waals surface area contributed by atoms with Crippen molar-refractivity contribution >= 4 is 28.3 Å². The average molecular weight is 390 g/mol. The topological polar surface area (TPSA) is 172 Å². The largest absolute Gasteiger partial charge is 0.475 e. The molecule has 12 heteroatoms. The molecule has 0 bridgehead atoms. The van der Waals surface area contributed by atoms with Crippen LogP contribution >= 0.6 is 0 Å². The van der Waals surface area contributed by atoms with Crippen LogP contribution in [0.2, 0.25) is 0 Å². The second kappa shape index (κ2) is 6.76. The first kappa shape index (κ1) is 18.2. The molecule has 4 heterocycles. The van der Waals surface area contributed by atoms with E-state index in [-0.39, 0.29) is 11.2 Å². The molecule has 1 unspecified atom stereocenters. The number of ether oxygens (including phenoxy) is 1. The zero-order valence-corrected chi connectivity index (χ0v) is 14.2. The second-order valence-electron chi connectivity index (χ2n) is 6.24. The van der Waals surface area contributed by atoms with E-state index in [1.165, 1.54) is 10.6 Å². The van der Waals surface area contributed by atoms with Gasteiger partial charge >= 0.3 is 11.5 Å². The molecule has 12 nitrogen and oxygen atoms in total. The Bertz CT molecular complexity index is 1130. The molecule has 5 N–H and O–H groups in total. The molecule has 0 radical (unpaired) electrons. The predicted molar refractivity (Wildman–Crippen MR) is 92.2 cm³/mol. The Balaban J connectivity index is 1.83. The maximum atomic E-state index is 12.4. The average Bonchev–Trinajstić information content (AvgIpc) is 2.96. The van der Waals surface area contributed by atoms with Crippen LogP contribution in [0, 0.1) is 4.91 Å². The lowest BCUT2D eigenvalue weighted by Crippen LogP contribution is -2.36. The van der Waals surface area contributed by atoms with Crippen molar-refractivity contribution in [3.05, 3.63) is 41.5 Å². The maximum Gasteiger partial charge on any atom is 0.374 e. The van der Waals surface area contributed by atoms with Crippen molar-refractivity contribution in [3.63, 3.8) is 0 Å². The molecule has 0 amide bonds. The van der Waals surface area contributed by atoms with E-state index in [0.29, 0.717) is 15.6 Å². The van der Waals surface area contributed by atoms with Gasteiger partial charge in [0.25, 0.3) is 6.20 Å². The molecule has 146 valence electrons. The van der Waals surface area contributed by atoms with Crippen LogP contribution in [0.25, 0.3) is 16.7 Å². The number of aromatic carboxylic acids is 1. The molecule has 0 aliphatic carbocycles. The number of nitrogens with zero attached hydrogens (tertiary/aromatic N) is 4. The molecule has 0 spiro atoms. The molecule has 4 rings (SSSR count). The van der Waals surface area contributed by atoms with Crippen molar-refractivity contribution in [2.45, 2.75) is 24.5 Å². The van der Waals surface area contributed by atoms with Gasteiger partial charge in [0.15, 0.2) is 6.23 Å². The van der Waals surface area contributed by atoms with Gasteiger partial charge < -0.3 is 30.5 Å². The Morgan fingerprint density at radius 3 is 2.82 bits per heavy atom. The van der Waals surface area contributed by atoms with Gasteiger partial charge in [0.2, 0.25) is 11.5 Å². The number of hydrogen-bond donors (Lipinski definition) is 5. The van der Waals surface area contributed by atoms with Gasteiger partial charge in [0.05, 0.1) is 16.7 Å². The van der Waals surface area contributed by atoms with Crippen LogP contribution < -0.4 is 9.74 Å². The van der Waals surface area contributed by atoms with Crippen molar-refractivity contribution in [2.75, 3.05) is 11.9 Å². The molecule has 1 saturated heterocycles. The van der Waals surface area contributed by atoms with Gasteiger partial charge in [-0.05, 0) is 12.1 Å². The minimum Gasteiger partial charge on any atom is -0.475 e. The third-order valence-corrected chi connectivity index (χ3v) is 4.52. The molecular weight excluding hydrogens is 374 g/mol. The van der Waals surface area contributed by atoms with Crippen LogP contribution in [0.3, 0.4) is 0 Å². The van der Waals surface area contributed by atoms with Crippen LogP contribution in [0.5, 0.6) is 0 Å². The van der Waals surface area contributed by atoms with E-state index in [0.717, 1.165) is 6.20 Å². The van der Waals surface area contributed by atoms with Gasteiger partial charge in [0, 0.05) is 11.1 Å². The number of rotatable bonds is 4. The van der Waals surface area contributed by atoms with Gasteiger partial charge in [-0.25, -0.2) is 9.78 Å². The first-order valence-electron chi connectivity index (χ1n) is 8.26. The van der Waals surface area contributed by atoms with E-state index in [1.807, 2.05) is 0 Å². The van der Waals surface area contributed by atoms with Gasteiger partial charge in [-0.1, -0.05) is 0 Å². The Labute approximate surface area is 155 Å². The van der Waals surface area contributed by atoms with Crippen LogP contribution in [0.1, 0.15) is 10.6 Å². The standard InChI is InChI=1S/C16H15N5O7/c22-6-10-11(23)12(24)15(28-10)18-7-2-1-3-20-9(7)5-21(27)8-4-17-13(16(25)26)19-14(8)20/h1-5,10-12,15,18,22-24H,6H2/p+1/t10-,11-,12-,15?/m1/s1. The number of hydrogen-bond acceptors (Lipinski definition) is 9. The Morgan fingerprint density at radius 1 is 1.36 bits per heavy atom. The van der Waals surface area contributed by atoms with E-state index >= 15 is 0 Å². The highest BCUT2D eigenvalue weighted by Gasteiger charge is 2.42. The number of anilines is 1. The quantitative estimate of drug-likeness (QED) is 0.256. The van der Waals surface area contributed by atoms with Crippen molar-refractivity contribution in [1.82, 2.24) is 14.4 Å². The molecule has 3 aromatic heterocycles. The highest BCUT2D eigenvalue weighted by atomic mass is 16.6. The zero-order chi connectivity index (χ0) is 20.0. The first-order chi connectivity index (χ1) is 13.4. The van der Waals surface area contributed by atoms with E-state index in [9.17, 15) is 25.0 Å². The highest BCUT2D eigenvalue weighted by molar-refractivity contribution is 5.86. The van der Waals surface area contributed by atoms with Gasteiger partial charge in [-0.3, -0.25) is 4.40 Å². The fraction of sp³-hybridized carbons (Fsp3) is 0.312. The fourth-order valence-electron chi connectivity index (χ4n) is 3.11. The fourth-order valence-corrected chi connectivity index (χ4v) is 3.11. The Morgan fingerprint density at radius 2 is 2.14 bits per heavy atom. The van der Waals surface area contributed by atoms with Crippen molar-refractivity contribution in [1.29, 1.82) is 0 Å². The summed E-state index contributed by atoms with van der Waals surface area (Å²) in [5, 5.41) is 41.2. The Kier molecular flexibility index (Phi) is 4.39. The van der Waals surface area contributed by atoms with E-state index in [4.69, 9.17) is 9.84 Å². The minimum atomic E-state index is -1.34. The molecular formula is C16H16N5O7+. The van der Waals surface area contributed by atoms with Crippen LogP contribution in [0.4, 0.5) is 5.69 Å². The minimum absolute atomic E-state index is 0.0626. The summed E-state index contributed by atoms with van der Waals surface area (Å²) in [5.41, 5.74) is 0.814. The Hall–Kier alpha value is -3.19. The number of aliphatic hydroxyl groups is 3. The normalized spacial score (nSPS) is 24.7. The summed E-state index contributed by atoms with van der Waals surface area (Å²) in [6.45, 7) is -0.471. The number of carboxylic acid groups (broad SMARTS) is 1. The molecule has 0 aromatic carbocycles. The number of nitrogens with one attached hydrogen (secondary N) is 1. The number of carbonyl (C=O) groups is 1. The summed E-state index contributed by atoms with van der Waals surface area (Å²) in [6, 6.07) is 3.23. The highest BCUT2D eigenvalue weighted by Crippen LogP contribution is 2.25. The monoisotopic (exact) mass is 390 g/mol. The third kappa shape index (κ3) is 2.84. The molecule has 1 fully saturated rings. The van der Waals surface area contributed by atoms with E-state index in [2.05, 4.69) is 15.3 Å². The molecule has 1 aliphatic heterocycles. The lowest BCUT2D eigenvalue weighted by molar-refractivity contribution is -0.463. The molecule has 3 aromatic rings. The maximum absolute atomic E-state index is 12.4. The summed E-state index contributed by atoms with van der Waals surface area (Å²) >= 11 is 0. The zero-order valence-electron chi connectivity index (χ0n) is 14.2. The molecule has 1 aliphatic rings. The van der Waals surface area contributed by atoms with Crippen molar-refractivity contribution in [2.24, 2.45) is 0 Å². The van der Waals surface area contributed by atoms with Gasteiger partial charge in [-0.15, -0.1) is 0 Å². The van der Waals surface area contributed by atoms with Gasteiger partial charge in [-0.2, -0.15) is 4.98 Å². The summed E-state index contributed by atoms with van der Waals surface area (Å²) in [6.07, 6.45) is -0.633. The molecule has 28 heavy (non-hydrogen) atoms. The van der Waals surface area contributed by atoms with E-state index < -0.39 is 42.9 Å². The lowest BCUT2D eigenvalue weighted by atomic mass is 10.1. The lowest BCUT2D eigenvalue weighted by Gasteiger charge is -2.18. The first-order valence-corrected chi connectivity index (χ1v) is 8.26. The van der Waals surface area contributed by atoms with Gasteiger partial charge in [0.1, 0.15) is 30.0 Å². The predicted octanol–water partition coefficient (Wildman–Crippen LogP) is -1.65. The number of aliphatic hydroxyl groups excluding tert-OH is 3. The number of fused-ring (bicyclic) bond motifs is 3. The summed E-state index contributed by atoms with van der Waals surface area (Å²) in [5.74, 6) is -1.80. The number of pyridine rings is 1. The second-order valence-corrected chi connectivity index (χ2v) is 6.24. The van der Waals surface area contributed by atoms with Crippen molar-refractivity contribution in [3.8, 4) is 0 Å². The molecule has 0 saturated carbocycles. The SMILES string of the molecule is O=C(O)c1ncc2c(n1)n1cccc(NC3O[C@H](CO)[C@@H](O)[C@H]3O)c1c[n+]2=O. The summed E-state index contributed by atoms with van der Waals surface area (Å²) < 4.78 is 7.38. The summed E-state index contributed by atoms with van der Waals surface area (Å²) in [4.78, 5) is 31.1.